The van der Waals surface area contributed by atoms with E-state index in [0.29, 0.717) is 12.2 Å². The molecule has 0 radical (unpaired) electrons. The second-order valence-corrected chi connectivity index (χ2v) is 6.92. The van der Waals surface area contributed by atoms with Crippen molar-refractivity contribution in [2.24, 2.45) is 0 Å². The molecule has 2 N–H and O–H groups in total. The molecule has 100 valence electrons. The molecule has 0 aliphatic carbocycles. The highest BCUT2D eigenvalue weighted by molar-refractivity contribution is 7.91. The van der Waals surface area contributed by atoms with E-state index in [1.165, 1.54) is 0 Å². The van der Waals surface area contributed by atoms with Crippen molar-refractivity contribution in [2.45, 2.75) is 12.5 Å². The Labute approximate surface area is 111 Å². The van der Waals surface area contributed by atoms with E-state index in [9.17, 15) is 8.42 Å². The Hall–Kier alpha value is -1.89. The fourth-order valence-corrected chi connectivity index (χ4v) is 4.03. The Morgan fingerprint density at radius 2 is 2.05 bits per heavy atom. The van der Waals surface area contributed by atoms with E-state index in [1.54, 1.807) is 23.1 Å². The molecule has 1 unspecified atom stereocenters. The Morgan fingerprint density at radius 3 is 2.68 bits per heavy atom. The van der Waals surface area contributed by atoms with Crippen LogP contribution in [0.5, 0.6) is 0 Å². The molecular weight excluding hydrogens is 264 g/mol. The van der Waals surface area contributed by atoms with Crippen LogP contribution in [0.25, 0.3) is 11.3 Å². The zero-order chi connectivity index (χ0) is 13.5. The Bertz CT molecular complexity index is 694. The zero-order valence-electron chi connectivity index (χ0n) is 10.2. The molecule has 1 aliphatic rings. The molecule has 19 heavy (non-hydrogen) atoms. The highest BCUT2D eigenvalue weighted by Gasteiger charge is 2.30. The number of hydrogen-bond donors (Lipinski definition) is 1. The first-order chi connectivity index (χ1) is 9.05. The lowest BCUT2D eigenvalue weighted by molar-refractivity contribution is 0.508. The summed E-state index contributed by atoms with van der Waals surface area (Å²) in [5.74, 6) is 0.824. The number of hydrogen-bond acceptors (Lipinski definition) is 5. The number of nitrogen functional groups attached to an aromatic ring is 1. The normalized spacial score (nSPS) is 21.6. The minimum Gasteiger partial charge on any atom is -0.384 e. The standard InChI is InChI=1S/C12H14N4O2S/c13-12-7-11(9-1-4-14-5-2-9)15-16(12)10-3-6-19(17,18)8-10/h1-2,4-5,7,10H,3,6,8,13H2. The summed E-state index contributed by atoms with van der Waals surface area (Å²) in [5.41, 5.74) is 7.59. The summed E-state index contributed by atoms with van der Waals surface area (Å²) in [6.45, 7) is 0. The molecule has 3 rings (SSSR count). The Morgan fingerprint density at radius 1 is 1.32 bits per heavy atom. The average Bonchev–Trinajstić information content (AvgIpc) is 2.93. The number of rotatable bonds is 2. The largest absolute Gasteiger partial charge is 0.384 e. The Kier molecular flexibility index (Phi) is 2.78. The van der Waals surface area contributed by atoms with Crippen LogP contribution in [0, 0.1) is 0 Å². The van der Waals surface area contributed by atoms with Crippen LogP contribution in [0.3, 0.4) is 0 Å². The summed E-state index contributed by atoms with van der Waals surface area (Å²) in [5, 5.41) is 4.43. The smallest absolute Gasteiger partial charge is 0.152 e. The molecule has 7 heteroatoms. The van der Waals surface area contributed by atoms with Gasteiger partial charge in [-0.1, -0.05) is 0 Å². The van der Waals surface area contributed by atoms with Gasteiger partial charge >= 0.3 is 0 Å². The number of anilines is 1. The number of sulfone groups is 1. The molecule has 3 heterocycles. The fourth-order valence-electron chi connectivity index (χ4n) is 2.33. The molecule has 6 nitrogen and oxygen atoms in total. The second-order valence-electron chi connectivity index (χ2n) is 4.69. The van der Waals surface area contributed by atoms with Gasteiger partial charge in [0.05, 0.1) is 23.2 Å². The molecule has 2 aromatic rings. The summed E-state index contributed by atoms with van der Waals surface area (Å²) >= 11 is 0. The van der Waals surface area contributed by atoms with Crippen LogP contribution in [0.4, 0.5) is 5.82 Å². The van der Waals surface area contributed by atoms with E-state index < -0.39 is 9.84 Å². The number of aromatic nitrogens is 3. The van der Waals surface area contributed by atoms with E-state index in [-0.39, 0.29) is 17.5 Å². The van der Waals surface area contributed by atoms with Gasteiger partial charge in [-0.05, 0) is 18.6 Å². The van der Waals surface area contributed by atoms with Crippen molar-refractivity contribution in [1.29, 1.82) is 0 Å². The van der Waals surface area contributed by atoms with Gasteiger partial charge < -0.3 is 5.73 Å². The lowest BCUT2D eigenvalue weighted by atomic mass is 10.2. The van der Waals surface area contributed by atoms with E-state index >= 15 is 0 Å². The van der Waals surface area contributed by atoms with Crippen LogP contribution in [-0.4, -0.2) is 34.7 Å². The van der Waals surface area contributed by atoms with Gasteiger partial charge in [0, 0.05) is 24.0 Å². The summed E-state index contributed by atoms with van der Waals surface area (Å²) in [6, 6.07) is 5.30. The maximum atomic E-state index is 11.5. The van der Waals surface area contributed by atoms with Crippen molar-refractivity contribution < 1.29 is 8.42 Å². The minimum atomic E-state index is -2.94. The maximum Gasteiger partial charge on any atom is 0.152 e. The van der Waals surface area contributed by atoms with Crippen LogP contribution in [-0.2, 0) is 9.84 Å². The summed E-state index contributed by atoms with van der Waals surface area (Å²) < 4.78 is 24.6. The predicted molar refractivity (Wildman–Crippen MR) is 72.2 cm³/mol. The van der Waals surface area contributed by atoms with Crippen LogP contribution in [0.2, 0.25) is 0 Å². The van der Waals surface area contributed by atoms with E-state index in [2.05, 4.69) is 10.1 Å². The predicted octanol–water partition coefficient (Wildman–Crippen LogP) is 0.887. The van der Waals surface area contributed by atoms with Crippen molar-refractivity contribution in [3.63, 3.8) is 0 Å². The monoisotopic (exact) mass is 278 g/mol. The molecule has 0 amide bonds. The molecule has 0 saturated carbocycles. The topological polar surface area (TPSA) is 90.9 Å². The van der Waals surface area contributed by atoms with Crippen molar-refractivity contribution in [2.75, 3.05) is 17.2 Å². The molecule has 0 aromatic carbocycles. The Balaban J connectivity index is 1.95. The van der Waals surface area contributed by atoms with Gasteiger partial charge in [0.15, 0.2) is 9.84 Å². The molecule has 1 fully saturated rings. The molecule has 1 saturated heterocycles. The van der Waals surface area contributed by atoms with Crippen molar-refractivity contribution in [3.8, 4) is 11.3 Å². The molecule has 1 atom stereocenters. The summed E-state index contributed by atoms with van der Waals surface area (Å²) in [4.78, 5) is 3.95. The molecular formula is C12H14N4O2S. The highest BCUT2D eigenvalue weighted by atomic mass is 32.2. The molecule has 2 aromatic heterocycles. The lowest BCUT2D eigenvalue weighted by Crippen LogP contribution is -2.14. The van der Waals surface area contributed by atoms with Gasteiger partial charge in [0.2, 0.25) is 0 Å². The van der Waals surface area contributed by atoms with Crippen LogP contribution in [0.1, 0.15) is 12.5 Å². The minimum absolute atomic E-state index is 0.120. The average molecular weight is 278 g/mol. The third kappa shape index (κ3) is 2.33. The quantitative estimate of drug-likeness (QED) is 0.880. The SMILES string of the molecule is Nc1cc(-c2ccncc2)nn1C1CCS(=O)(=O)C1. The third-order valence-electron chi connectivity index (χ3n) is 3.29. The van der Waals surface area contributed by atoms with Crippen molar-refractivity contribution in [1.82, 2.24) is 14.8 Å². The number of nitrogens with zero attached hydrogens (tertiary/aromatic N) is 3. The summed E-state index contributed by atoms with van der Waals surface area (Å²) in [6.07, 6.45) is 3.94. The van der Waals surface area contributed by atoms with Gasteiger partial charge in [-0.2, -0.15) is 5.10 Å². The molecule has 0 bridgehead atoms. The van der Waals surface area contributed by atoms with Crippen molar-refractivity contribution in [3.05, 3.63) is 30.6 Å². The summed E-state index contributed by atoms with van der Waals surface area (Å²) in [7, 11) is -2.94. The van der Waals surface area contributed by atoms with Crippen LogP contribution < -0.4 is 5.73 Å². The van der Waals surface area contributed by atoms with Crippen molar-refractivity contribution >= 4 is 15.7 Å². The maximum absolute atomic E-state index is 11.5. The van der Waals surface area contributed by atoms with Crippen LogP contribution >= 0.6 is 0 Å². The highest BCUT2D eigenvalue weighted by Crippen LogP contribution is 2.28. The van der Waals surface area contributed by atoms with Gasteiger partial charge in [0.1, 0.15) is 5.82 Å². The first-order valence-electron chi connectivity index (χ1n) is 6.01. The van der Waals surface area contributed by atoms with Gasteiger partial charge in [0.25, 0.3) is 0 Å². The molecule has 1 aliphatic heterocycles. The van der Waals surface area contributed by atoms with Gasteiger partial charge in [-0.3, -0.25) is 4.98 Å². The fraction of sp³-hybridized carbons (Fsp3) is 0.333. The molecule has 0 spiro atoms. The van der Waals surface area contributed by atoms with Gasteiger partial charge in [-0.25, -0.2) is 13.1 Å². The van der Waals surface area contributed by atoms with E-state index in [0.717, 1.165) is 11.3 Å². The first-order valence-corrected chi connectivity index (χ1v) is 7.83. The second kappa shape index (κ2) is 4.34. The number of pyridine rings is 1. The lowest BCUT2D eigenvalue weighted by Gasteiger charge is -2.09. The first kappa shape index (κ1) is 12.2. The van der Waals surface area contributed by atoms with E-state index in [4.69, 9.17) is 5.73 Å². The van der Waals surface area contributed by atoms with E-state index in [1.807, 2.05) is 12.1 Å². The zero-order valence-corrected chi connectivity index (χ0v) is 11.0. The third-order valence-corrected chi connectivity index (χ3v) is 5.05. The number of nitrogens with two attached hydrogens (primary N) is 1. The van der Waals surface area contributed by atoms with Crippen LogP contribution in [0.15, 0.2) is 30.6 Å². The van der Waals surface area contributed by atoms with Gasteiger partial charge in [-0.15, -0.1) is 0 Å².